The summed E-state index contributed by atoms with van der Waals surface area (Å²) in [6.45, 7) is 0.966. The highest BCUT2D eigenvalue weighted by molar-refractivity contribution is 6.05. The second kappa shape index (κ2) is 12.8. The molecule has 3 unspecified atom stereocenters. The number of rotatable bonds is 11. The van der Waals surface area contributed by atoms with Gasteiger partial charge in [0, 0.05) is 13.2 Å². The van der Waals surface area contributed by atoms with Crippen LogP contribution in [0, 0.1) is 11.8 Å². The van der Waals surface area contributed by atoms with E-state index in [1.54, 1.807) is 38.1 Å². The fraction of sp³-hybridized carbons (Fsp3) is 0.571. The number of amides is 3. The largest absolute Gasteiger partial charge is 0.445 e. The number of aliphatic hydroxyl groups is 1. The summed E-state index contributed by atoms with van der Waals surface area (Å²) in [6.07, 6.45) is -0.813. The first-order chi connectivity index (χ1) is 20.0. The first kappa shape index (κ1) is 31.5. The van der Waals surface area contributed by atoms with Crippen molar-refractivity contribution in [1.82, 2.24) is 10.2 Å². The fourth-order valence-corrected chi connectivity index (χ4v) is 5.25. The molecule has 0 bridgehead atoms. The van der Waals surface area contributed by atoms with E-state index in [1.165, 1.54) is 20.1 Å². The van der Waals surface area contributed by atoms with Crippen molar-refractivity contribution in [3.8, 4) is 0 Å². The van der Waals surface area contributed by atoms with Crippen LogP contribution in [0.5, 0.6) is 0 Å². The molecule has 3 heterocycles. The molecule has 2 saturated heterocycles. The summed E-state index contributed by atoms with van der Waals surface area (Å²) in [5, 5.41) is 12.5. The van der Waals surface area contributed by atoms with Crippen molar-refractivity contribution in [3.05, 3.63) is 48.0 Å². The van der Waals surface area contributed by atoms with Crippen LogP contribution in [0.1, 0.15) is 26.3 Å². The van der Waals surface area contributed by atoms with Crippen molar-refractivity contribution >= 4 is 23.9 Å². The Morgan fingerprint density at radius 2 is 1.88 bits per heavy atom. The lowest BCUT2D eigenvalue weighted by Crippen LogP contribution is -2.54. The van der Waals surface area contributed by atoms with Crippen LogP contribution in [0.3, 0.4) is 0 Å². The fourth-order valence-electron chi connectivity index (χ4n) is 5.25. The number of carbonyl (C=O) groups is 4. The molecule has 4 rings (SSSR count). The summed E-state index contributed by atoms with van der Waals surface area (Å²) >= 11 is 0. The summed E-state index contributed by atoms with van der Waals surface area (Å²) in [5.41, 5.74) is -2.54. The second-order valence-electron chi connectivity index (χ2n) is 10.7. The number of carbonyl (C=O) groups excluding carboxylic acids is 4. The standard InChI is InChI=1S/C28H35FN2O11/c1-16(2)20(30-25(36)38-12-17-8-6-5-7-9-17)23(35)39-15-31-19(33)11-10-18(22(31)34)21-27(3)24(40-26(37-4)42-27)28(13-29,14-32)41-21/h5-11,16,18,20-21,24,26,32H,12-15H2,1-4H3,(H,30,36)/t18?,20?,21-,24-,26?,27-,28+/m0/s1. The van der Waals surface area contributed by atoms with Gasteiger partial charge in [-0.15, -0.1) is 0 Å². The highest BCUT2D eigenvalue weighted by Crippen LogP contribution is 2.51. The molecule has 13 nitrogen and oxygen atoms in total. The third-order valence-electron chi connectivity index (χ3n) is 7.54. The van der Waals surface area contributed by atoms with E-state index in [9.17, 15) is 28.7 Å². The lowest BCUT2D eigenvalue weighted by molar-refractivity contribution is -0.277. The number of fused-ring (bicyclic) bond motifs is 1. The Bertz CT molecular complexity index is 1190. The van der Waals surface area contributed by atoms with Gasteiger partial charge in [0.25, 0.3) is 12.4 Å². The highest BCUT2D eigenvalue weighted by atomic mass is 19.1. The topological polar surface area (TPSA) is 159 Å². The Kier molecular flexibility index (Phi) is 9.63. The predicted molar refractivity (Wildman–Crippen MR) is 140 cm³/mol. The molecular formula is C28H35FN2O11. The average molecular weight is 595 g/mol. The van der Waals surface area contributed by atoms with Crippen molar-refractivity contribution in [2.45, 2.75) is 63.3 Å². The number of alkyl carbamates (subject to hydrolysis) is 1. The van der Waals surface area contributed by atoms with Crippen molar-refractivity contribution in [2.24, 2.45) is 11.8 Å². The minimum Gasteiger partial charge on any atom is -0.445 e. The molecule has 0 aliphatic carbocycles. The molecule has 1 aromatic rings. The van der Waals surface area contributed by atoms with Gasteiger partial charge in [0.1, 0.15) is 42.7 Å². The number of alkyl halides is 1. The summed E-state index contributed by atoms with van der Waals surface area (Å²) in [6, 6.07) is 7.81. The van der Waals surface area contributed by atoms with Crippen LogP contribution in [-0.4, -0.2) is 96.9 Å². The van der Waals surface area contributed by atoms with Gasteiger partial charge in [-0.2, -0.15) is 0 Å². The molecule has 0 radical (unpaired) electrons. The van der Waals surface area contributed by atoms with Gasteiger partial charge in [-0.1, -0.05) is 50.3 Å². The van der Waals surface area contributed by atoms with E-state index in [0.717, 1.165) is 11.6 Å². The SMILES string of the molecule is COC1O[C@@H]2[C@](CO)(CF)O[C@@H](C3C=CC(=O)N(COC(=O)C(NC(=O)OCc4ccccc4)C(C)C)C3=O)[C@]2(C)O1. The minimum absolute atomic E-state index is 0.0140. The molecule has 3 aliphatic heterocycles. The molecule has 14 heteroatoms. The molecule has 1 aromatic carbocycles. The van der Waals surface area contributed by atoms with Gasteiger partial charge in [0.15, 0.2) is 6.73 Å². The molecule has 0 spiro atoms. The van der Waals surface area contributed by atoms with E-state index in [0.29, 0.717) is 4.90 Å². The molecule has 2 N–H and O–H groups in total. The number of nitrogens with zero attached hydrogens (tertiary/aromatic N) is 1. The van der Waals surface area contributed by atoms with Crippen molar-refractivity contribution in [2.75, 3.05) is 27.1 Å². The number of ether oxygens (including phenoxy) is 6. The number of hydrogen-bond donors (Lipinski definition) is 2. The molecule has 230 valence electrons. The summed E-state index contributed by atoms with van der Waals surface area (Å²) in [4.78, 5) is 52.1. The normalized spacial score (nSPS) is 31.3. The van der Waals surface area contributed by atoms with E-state index < -0.39 is 91.7 Å². The third-order valence-corrected chi connectivity index (χ3v) is 7.54. The number of imide groups is 1. The van der Waals surface area contributed by atoms with Gasteiger partial charge in [-0.05, 0) is 18.4 Å². The van der Waals surface area contributed by atoms with E-state index >= 15 is 0 Å². The van der Waals surface area contributed by atoms with Crippen LogP contribution in [0.15, 0.2) is 42.5 Å². The number of hydrogen-bond acceptors (Lipinski definition) is 11. The Morgan fingerprint density at radius 1 is 1.17 bits per heavy atom. The molecule has 2 fully saturated rings. The number of methoxy groups -OCH3 is 1. The lowest BCUT2D eigenvalue weighted by atomic mass is 9.81. The van der Waals surface area contributed by atoms with Crippen LogP contribution < -0.4 is 5.32 Å². The summed E-state index contributed by atoms with van der Waals surface area (Å²) < 4.78 is 47.1. The maximum Gasteiger partial charge on any atom is 0.408 e. The van der Waals surface area contributed by atoms with Gasteiger partial charge in [0.05, 0.1) is 12.5 Å². The van der Waals surface area contributed by atoms with Gasteiger partial charge in [0.2, 0.25) is 5.91 Å². The number of aliphatic hydroxyl groups excluding tert-OH is 1. The lowest BCUT2D eigenvalue weighted by Gasteiger charge is -2.35. The van der Waals surface area contributed by atoms with E-state index in [2.05, 4.69) is 5.32 Å². The quantitative estimate of drug-likeness (QED) is 0.280. The maximum atomic E-state index is 14.2. The van der Waals surface area contributed by atoms with Crippen LogP contribution in [0.4, 0.5) is 9.18 Å². The van der Waals surface area contributed by atoms with E-state index in [-0.39, 0.29) is 6.61 Å². The predicted octanol–water partition coefficient (Wildman–Crippen LogP) is 1.18. The van der Waals surface area contributed by atoms with Gasteiger partial charge in [-0.25, -0.2) is 18.9 Å². The molecule has 3 amide bonds. The monoisotopic (exact) mass is 594 g/mol. The van der Waals surface area contributed by atoms with E-state index in [4.69, 9.17) is 28.4 Å². The molecule has 3 aliphatic rings. The maximum absolute atomic E-state index is 14.2. The van der Waals surface area contributed by atoms with Crippen molar-refractivity contribution < 1.29 is 57.1 Å². The highest BCUT2D eigenvalue weighted by Gasteiger charge is 2.70. The molecule has 0 saturated carbocycles. The van der Waals surface area contributed by atoms with Crippen LogP contribution in [0.2, 0.25) is 0 Å². The third kappa shape index (κ3) is 6.03. The molecule has 7 atom stereocenters. The molecule has 0 aromatic heterocycles. The minimum atomic E-state index is -1.84. The van der Waals surface area contributed by atoms with Crippen LogP contribution in [0.25, 0.3) is 0 Å². The summed E-state index contributed by atoms with van der Waals surface area (Å²) in [7, 11) is 1.31. The number of benzene rings is 1. The second-order valence-corrected chi connectivity index (χ2v) is 10.7. The Balaban J connectivity index is 1.42. The van der Waals surface area contributed by atoms with Gasteiger partial charge >= 0.3 is 12.1 Å². The number of esters is 1. The zero-order valence-corrected chi connectivity index (χ0v) is 23.7. The van der Waals surface area contributed by atoms with Gasteiger partial charge in [-0.3, -0.25) is 9.59 Å². The average Bonchev–Trinajstić information content (AvgIpc) is 3.45. The van der Waals surface area contributed by atoms with E-state index in [1.807, 2.05) is 6.07 Å². The Morgan fingerprint density at radius 3 is 2.50 bits per heavy atom. The first-order valence-electron chi connectivity index (χ1n) is 13.4. The number of nitrogens with one attached hydrogen (secondary N) is 1. The van der Waals surface area contributed by atoms with Gasteiger partial charge < -0.3 is 38.8 Å². The van der Waals surface area contributed by atoms with Crippen LogP contribution in [-0.2, 0) is 49.4 Å². The summed E-state index contributed by atoms with van der Waals surface area (Å²) in [5.74, 6) is -4.10. The zero-order valence-electron chi connectivity index (χ0n) is 23.7. The Hall–Kier alpha value is -3.43. The smallest absolute Gasteiger partial charge is 0.408 e. The van der Waals surface area contributed by atoms with Crippen molar-refractivity contribution in [3.63, 3.8) is 0 Å². The Labute approximate surface area is 241 Å². The zero-order chi connectivity index (χ0) is 30.7. The van der Waals surface area contributed by atoms with Crippen LogP contribution >= 0.6 is 0 Å². The molecular weight excluding hydrogens is 559 g/mol. The molecule has 42 heavy (non-hydrogen) atoms. The number of halogens is 1. The first-order valence-corrected chi connectivity index (χ1v) is 13.4. The van der Waals surface area contributed by atoms with Crippen molar-refractivity contribution in [1.29, 1.82) is 0 Å².